The number of carbonyl (C=O) groups excluding carboxylic acids is 1. The number of likely N-dealkylation sites (N-methyl/N-ethyl adjacent to an activating group) is 1. The molecule has 0 aromatic rings. The van der Waals surface area contributed by atoms with Gasteiger partial charge in [-0.3, -0.25) is 13.8 Å². The highest BCUT2D eigenvalue weighted by molar-refractivity contribution is 7.47. The Morgan fingerprint density at radius 3 is 1.33 bits per heavy atom. The van der Waals surface area contributed by atoms with E-state index in [0.717, 1.165) is 32.1 Å². The number of phosphoric acid groups is 1. The fraction of sp³-hybridized carbons (Fsp3) is 0.939. The SMILES string of the molecule is CCCCCC/C=C\CCCCCCCCOCC(COP(=O)(O)OCC[N+](C)(C)C)OC(=O)CCCCCCCCCCCCCCCCCCCCCCCC. The Bertz CT molecular complexity index is 940. The number of hydrogen-bond acceptors (Lipinski definition) is 6. The molecule has 8 nitrogen and oxygen atoms in total. The van der Waals surface area contributed by atoms with E-state index in [9.17, 15) is 14.3 Å². The van der Waals surface area contributed by atoms with E-state index in [1.54, 1.807) is 0 Å². The lowest BCUT2D eigenvalue weighted by Crippen LogP contribution is -2.37. The van der Waals surface area contributed by atoms with E-state index in [-0.39, 0.29) is 25.8 Å². The van der Waals surface area contributed by atoms with Crippen LogP contribution in [0, 0.1) is 0 Å². The number of rotatable bonds is 47. The second kappa shape index (κ2) is 42.9. The zero-order chi connectivity index (χ0) is 42.7. The predicted molar refractivity (Wildman–Crippen MR) is 247 cm³/mol. The number of hydrogen-bond donors (Lipinski definition) is 1. The van der Waals surface area contributed by atoms with Crippen molar-refractivity contribution in [3.63, 3.8) is 0 Å². The first kappa shape index (κ1) is 57.2. The molecule has 0 aliphatic rings. The lowest BCUT2D eigenvalue weighted by atomic mass is 10.0. The number of carbonyl (C=O) groups is 1. The molecule has 0 fully saturated rings. The highest BCUT2D eigenvalue weighted by atomic mass is 31.2. The van der Waals surface area contributed by atoms with E-state index < -0.39 is 13.9 Å². The molecule has 0 aliphatic heterocycles. The third-order valence-corrected chi connectivity index (χ3v) is 12.1. The second-order valence-corrected chi connectivity index (χ2v) is 19.7. The molecular formula is C49H99NO7P+. The van der Waals surface area contributed by atoms with Crippen LogP contribution in [-0.2, 0) is 27.9 Å². The third-order valence-electron chi connectivity index (χ3n) is 11.1. The van der Waals surface area contributed by atoms with Crippen molar-refractivity contribution in [1.29, 1.82) is 0 Å². The van der Waals surface area contributed by atoms with Gasteiger partial charge in [0.1, 0.15) is 19.3 Å². The summed E-state index contributed by atoms with van der Waals surface area (Å²) in [4.78, 5) is 23.0. The number of phosphoric ester groups is 1. The molecule has 0 radical (unpaired) electrons. The van der Waals surface area contributed by atoms with Gasteiger partial charge < -0.3 is 18.9 Å². The van der Waals surface area contributed by atoms with Crippen LogP contribution in [0.25, 0.3) is 0 Å². The molecule has 0 aliphatic carbocycles. The van der Waals surface area contributed by atoms with Gasteiger partial charge in [-0.2, -0.15) is 0 Å². The normalized spacial score (nSPS) is 13.7. The summed E-state index contributed by atoms with van der Waals surface area (Å²) < 4.78 is 35.1. The molecule has 0 bridgehead atoms. The summed E-state index contributed by atoms with van der Waals surface area (Å²) in [6.45, 7) is 5.65. The third kappa shape index (κ3) is 46.3. The van der Waals surface area contributed by atoms with Gasteiger partial charge in [0.25, 0.3) is 0 Å². The minimum absolute atomic E-state index is 0.0908. The number of quaternary nitrogens is 1. The molecule has 0 saturated carbocycles. The Morgan fingerprint density at radius 1 is 0.517 bits per heavy atom. The average molecular weight is 845 g/mol. The number of ether oxygens (including phenoxy) is 2. The predicted octanol–water partition coefficient (Wildman–Crippen LogP) is 15.0. The van der Waals surface area contributed by atoms with Crippen molar-refractivity contribution < 1.29 is 37.3 Å². The van der Waals surface area contributed by atoms with E-state index in [2.05, 4.69) is 26.0 Å². The van der Waals surface area contributed by atoms with Crippen molar-refractivity contribution in [1.82, 2.24) is 0 Å². The van der Waals surface area contributed by atoms with Gasteiger partial charge in [-0.1, -0.05) is 206 Å². The van der Waals surface area contributed by atoms with Gasteiger partial charge in [0.05, 0.1) is 34.4 Å². The van der Waals surface area contributed by atoms with E-state index in [1.807, 2.05) is 21.1 Å². The van der Waals surface area contributed by atoms with Crippen LogP contribution in [0.1, 0.15) is 239 Å². The number of esters is 1. The zero-order valence-corrected chi connectivity index (χ0v) is 40.2. The molecule has 0 heterocycles. The average Bonchev–Trinajstić information content (AvgIpc) is 3.18. The zero-order valence-electron chi connectivity index (χ0n) is 39.3. The topological polar surface area (TPSA) is 91.3 Å². The standard InChI is InChI=1S/C49H98NO7P/c1-6-8-10-12-14-16-18-20-22-23-24-25-26-27-28-29-30-32-34-36-38-40-42-49(51)57-48(47-56-58(52,53)55-45-43-50(3,4)5)46-54-44-41-39-37-35-33-31-21-19-17-15-13-11-9-7-2/h17,19,48H,6-16,18,20-47H2,1-5H3/p+1/b19-17-. The molecule has 0 spiro atoms. The second-order valence-electron chi connectivity index (χ2n) is 18.2. The van der Waals surface area contributed by atoms with Crippen LogP contribution in [0.4, 0.5) is 0 Å². The Morgan fingerprint density at radius 2 is 0.897 bits per heavy atom. The molecule has 58 heavy (non-hydrogen) atoms. The Kier molecular flexibility index (Phi) is 42.3. The molecule has 346 valence electrons. The van der Waals surface area contributed by atoms with E-state index in [4.69, 9.17) is 18.5 Å². The molecule has 9 heteroatoms. The van der Waals surface area contributed by atoms with Gasteiger partial charge in [0.15, 0.2) is 0 Å². The summed E-state index contributed by atoms with van der Waals surface area (Å²) in [5.74, 6) is -0.310. The van der Waals surface area contributed by atoms with Crippen molar-refractivity contribution in [2.75, 3.05) is 54.1 Å². The van der Waals surface area contributed by atoms with Gasteiger partial charge in [0.2, 0.25) is 0 Å². The fourth-order valence-electron chi connectivity index (χ4n) is 7.20. The molecule has 2 atom stereocenters. The van der Waals surface area contributed by atoms with Crippen molar-refractivity contribution in [3.05, 3.63) is 12.2 Å². The maximum absolute atomic E-state index is 12.7. The van der Waals surface area contributed by atoms with Crippen LogP contribution in [0.3, 0.4) is 0 Å². The lowest BCUT2D eigenvalue weighted by molar-refractivity contribution is -0.870. The van der Waals surface area contributed by atoms with Gasteiger partial charge in [0, 0.05) is 13.0 Å². The largest absolute Gasteiger partial charge is 0.472 e. The molecule has 1 N–H and O–H groups in total. The van der Waals surface area contributed by atoms with Crippen LogP contribution >= 0.6 is 7.82 Å². The van der Waals surface area contributed by atoms with Crippen LogP contribution in [-0.4, -0.2) is 75.6 Å². The van der Waals surface area contributed by atoms with E-state index in [0.29, 0.717) is 24.1 Å². The van der Waals surface area contributed by atoms with E-state index in [1.165, 1.54) is 186 Å². The van der Waals surface area contributed by atoms with Crippen molar-refractivity contribution in [2.24, 2.45) is 0 Å². The quantitative estimate of drug-likeness (QED) is 0.0214. The maximum atomic E-state index is 12.7. The molecule has 0 aromatic carbocycles. The Hall–Kier alpha value is -0.760. The lowest BCUT2D eigenvalue weighted by Gasteiger charge is -2.24. The van der Waals surface area contributed by atoms with Crippen molar-refractivity contribution >= 4 is 13.8 Å². The molecule has 0 saturated heterocycles. The fourth-order valence-corrected chi connectivity index (χ4v) is 7.94. The number of nitrogens with zero attached hydrogens (tertiary/aromatic N) is 1. The highest BCUT2D eigenvalue weighted by Crippen LogP contribution is 2.43. The molecule has 0 rings (SSSR count). The monoisotopic (exact) mass is 845 g/mol. The summed E-state index contributed by atoms with van der Waals surface area (Å²) in [7, 11) is 1.68. The van der Waals surface area contributed by atoms with Crippen molar-refractivity contribution in [3.8, 4) is 0 Å². The molecular weight excluding hydrogens is 746 g/mol. The maximum Gasteiger partial charge on any atom is 0.472 e. The van der Waals surface area contributed by atoms with Gasteiger partial charge >= 0.3 is 13.8 Å². The highest BCUT2D eigenvalue weighted by Gasteiger charge is 2.26. The first-order chi connectivity index (χ1) is 28.1. The molecule has 0 aromatic heterocycles. The summed E-state index contributed by atoms with van der Waals surface area (Å²) in [5.41, 5.74) is 0. The minimum Gasteiger partial charge on any atom is -0.457 e. The summed E-state index contributed by atoms with van der Waals surface area (Å²) in [5, 5.41) is 0. The van der Waals surface area contributed by atoms with Crippen LogP contribution in [0.2, 0.25) is 0 Å². The van der Waals surface area contributed by atoms with Gasteiger partial charge in [-0.25, -0.2) is 4.57 Å². The molecule has 2 unspecified atom stereocenters. The summed E-state index contributed by atoms with van der Waals surface area (Å²) in [6, 6.07) is 0. The van der Waals surface area contributed by atoms with Gasteiger partial charge in [-0.05, 0) is 38.5 Å². The van der Waals surface area contributed by atoms with Crippen LogP contribution in [0.15, 0.2) is 12.2 Å². The van der Waals surface area contributed by atoms with Crippen LogP contribution < -0.4 is 0 Å². The van der Waals surface area contributed by atoms with Crippen LogP contribution in [0.5, 0.6) is 0 Å². The number of unbranched alkanes of at least 4 members (excludes halogenated alkanes) is 31. The summed E-state index contributed by atoms with van der Waals surface area (Å²) in [6.07, 6.45) is 48.2. The van der Waals surface area contributed by atoms with Gasteiger partial charge in [-0.15, -0.1) is 0 Å². The first-order valence-corrected chi connectivity index (χ1v) is 26.4. The Labute approximate surface area is 360 Å². The number of allylic oxidation sites excluding steroid dienone is 2. The molecule has 0 amide bonds. The van der Waals surface area contributed by atoms with Crippen molar-refractivity contribution in [2.45, 2.75) is 245 Å². The first-order valence-electron chi connectivity index (χ1n) is 24.9. The summed E-state index contributed by atoms with van der Waals surface area (Å²) >= 11 is 0. The van der Waals surface area contributed by atoms with E-state index >= 15 is 0 Å². The minimum atomic E-state index is -4.27. The Balaban J connectivity index is 4.08. The smallest absolute Gasteiger partial charge is 0.457 e.